The Morgan fingerprint density at radius 1 is 1.21 bits per heavy atom. The number of benzene rings is 1. The fourth-order valence-electron chi connectivity index (χ4n) is 2.84. The Bertz CT molecular complexity index is 667. The molecule has 1 N–H and O–H groups in total. The number of rotatable bonds is 5. The largest absolute Gasteiger partial charge is 0.353 e. The molecule has 0 spiro atoms. The van der Waals surface area contributed by atoms with E-state index in [4.69, 9.17) is 11.6 Å². The van der Waals surface area contributed by atoms with Gasteiger partial charge in [0.2, 0.25) is 11.1 Å². The molecule has 0 saturated heterocycles. The number of amides is 1. The number of halogens is 1. The number of thioether (sulfide) groups is 1. The van der Waals surface area contributed by atoms with Crippen LogP contribution in [0.3, 0.4) is 0 Å². The third-order valence-electron chi connectivity index (χ3n) is 4.06. The molecule has 1 saturated carbocycles. The first-order valence-corrected chi connectivity index (χ1v) is 9.55. The van der Waals surface area contributed by atoms with Gasteiger partial charge in [0.25, 0.3) is 0 Å². The van der Waals surface area contributed by atoms with E-state index in [1.807, 2.05) is 12.1 Å². The van der Waals surface area contributed by atoms with Crippen molar-refractivity contribution in [1.82, 2.24) is 25.5 Å². The smallest absolute Gasteiger partial charge is 0.230 e. The highest BCUT2D eigenvalue weighted by molar-refractivity contribution is 7.99. The van der Waals surface area contributed by atoms with Crippen molar-refractivity contribution in [1.29, 1.82) is 0 Å². The first-order valence-electron chi connectivity index (χ1n) is 8.19. The Labute approximate surface area is 150 Å². The summed E-state index contributed by atoms with van der Waals surface area (Å²) in [5.74, 6) is 0.349. The van der Waals surface area contributed by atoms with Crippen molar-refractivity contribution < 1.29 is 4.79 Å². The molecule has 24 heavy (non-hydrogen) atoms. The minimum absolute atomic E-state index is 0.0394. The minimum Gasteiger partial charge on any atom is -0.353 e. The number of carbonyl (C=O) groups is 1. The molecule has 0 aliphatic heterocycles. The van der Waals surface area contributed by atoms with Crippen LogP contribution in [-0.4, -0.2) is 37.9 Å². The average molecular weight is 366 g/mol. The minimum atomic E-state index is 0.0394. The van der Waals surface area contributed by atoms with E-state index in [0.29, 0.717) is 22.0 Å². The molecule has 1 amide bonds. The molecule has 6 nitrogen and oxygen atoms in total. The Morgan fingerprint density at radius 2 is 1.92 bits per heavy atom. The Balaban J connectivity index is 1.56. The predicted octanol–water partition coefficient (Wildman–Crippen LogP) is 3.25. The number of aromatic nitrogens is 4. The number of hydrogen-bond donors (Lipinski definition) is 1. The molecular weight excluding hydrogens is 346 g/mol. The second kappa shape index (κ2) is 8.48. The molecule has 1 aromatic heterocycles. The lowest BCUT2D eigenvalue weighted by atomic mass is 10.1. The Morgan fingerprint density at radius 3 is 2.62 bits per heavy atom. The molecule has 0 radical (unpaired) electrons. The van der Waals surface area contributed by atoms with Crippen LogP contribution in [0.25, 0.3) is 5.69 Å². The van der Waals surface area contributed by atoms with Gasteiger partial charge in [-0.25, -0.2) is 0 Å². The quantitative estimate of drug-likeness (QED) is 0.650. The van der Waals surface area contributed by atoms with Gasteiger partial charge in [-0.1, -0.05) is 49.0 Å². The molecule has 128 valence electrons. The molecule has 0 atom stereocenters. The molecule has 1 fully saturated rings. The van der Waals surface area contributed by atoms with Crippen LogP contribution in [-0.2, 0) is 4.79 Å². The van der Waals surface area contributed by atoms with Gasteiger partial charge in [0.05, 0.1) is 11.4 Å². The van der Waals surface area contributed by atoms with Crippen molar-refractivity contribution in [3.8, 4) is 5.69 Å². The topological polar surface area (TPSA) is 72.7 Å². The van der Waals surface area contributed by atoms with E-state index in [1.54, 1.807) is 16.8 Å². The second-order valence-corrected chi connectivity index (χ2v) is 7.27. The van der Waals surface area contributed by atoms with E-state index in [2.05, 4.69) is 20.8 Å². The maximum absolute atomic E-state index is 12.2. The van der Waals surface area contributed by atoms with Gasteiger partial charge in [-0.15, -0.1) is 5.10 Å². The molecule has 8 heteroatoms. The van der Waals surface area contributed by atoms with Gasteiger partial charge in [0, 0.05) is 11.1 Å². The zero-order valence-electron chi connectivity index (χ0n) is 13.3. The van der Waals surface area contributed by atoms with Crippen molar-refractivity contribution in [2.24, 2.45) is 0 Å². The lowest BCUT2D eigenvalue weighted by Crippen LogP contribution is -2.35. The fraction of sp³-hybridized carbons (Fsp3) is 0.500. The van der Waals surface area contributed by atoms with E-state index in [9.17, 15) is 4.79 Å². The van der Waals surface area contributed by atoms with Crippen LogP contribution >= 0.6 is 23.4 Å². The summed E-state index contributed by atoms with van der Waals surface area (Å²) < 4.78 is 1.61. The van der Waals surface area contributed by atoms with Crippen LogP contribution in [0.2, 0.25) is 5.02 Å². The summed E-state index contributed by atoms with van der Waals surface area (Å²) in [6.07, 6.45) is 7.12. The third kappa shape index (κ3) is 4.70. The van der Waals surface area contributed by atoms with Crippen molar-refractivity contribution >= 4 is 29.3 Å². The van der Waals surface area contributed by atoms with E-state index in [1.165, 1.54) is 37.4 Å². The third-order valence-corrected chi connectivity index (χ3v) is 5.24. The first kappa shape index (κ1) is 17.2. The van der Waals surface area contributed by atoms with Crippen molar-refractivity contribution in [2.45, 2.75) is 49.7 Å². The highest BCUT2D eigenvalue weighted by Gasteiger charge is 2.16. The number of hydrogen-bond acceptors (Lipinski definition) is 5. The zero-order valence-corrected chi connectivity index (χ0v) is 14.9. The summed E-state index contributed by atoms with van der Waals surface area (Å²) in [5.41, 5.74) is 0.816. The zero-order chi connectivity index (χ0) is 16.8. The van der Waals surface area contributed by atoms with Crippen LogP contribution in [0.4, 0.5) is 0 Å². The van der Waals surface area contributed by atoms with Crippen LogP contribution in [0, 0.1) is 0 Å². The molecule has 1 aliphatic rings. The second-order valence-electron chi connectivity index (χ2n) is 5.89. The number of nitrogens with one attached hydrogen (secondary N) is 1. The molecule has 1 heterocycles. The molecule has 3 rings (SSSR count). The van der Waals surface area contributed by atoms with Crippen molar-refractivity contribution in [2.75, 3.05) is 5.75 Å². The van der Waals surface area contributed by atoms with Crippen molar-refractivity contribution in [3.05, 3.63) is 29.3 Å². The van der Waals surface area contributed by atoms with Crippen LogP contribution in [0.15, 0.2) is 29.4 Å². The summed E-state index contributed by atoms with van der Waals surface area (Å²) >= 11 is 7.24. The lowest BCUT2D eigenvalue weighted by Gasteiger charge is -2.15. The number of tetrazole rings is 1. The summed E-state index contributed by atoms with van der Waals surface area (Å²) in [5, 5.41) is 16.1. The van der Waals surface area contributed by atoms with Crippen LogP contribution < -0.4 is 5.32 Å². The number of nitrogens with zero attached hydrogens (tertiary/aromatic N) is 4. The van der Waals surface area contributed by atoms with Crippen LogP contribution in [0.1, 0.15) is 38.5 Å². The van der Waals surface area contributed by atoms with Crippen LogP contribution in [0.5, 0.6) is 0 Å². The fourth-order valence-corrected chi connectivity index (χ4v) is 3.66. The SMILES string of the molecule is O=C(CSc1nnnn1-c1ccc(Cl)cc1)NC1CCCCCC1. The molecule has 0 bridgehead atoms. The van der Waals surface area contributed by atoms with Gasteiger partial charge in [-0.2, -0.15) is 4.68 Å². The monoisotopic (exact) mass is 365 g/mol. The highest BCUT2D eigenvalue weighted by Crippen LogP contribution is 2.20. The molecule has 1 aliphatic carbocycles. The summed E-state index contributed by atoms with van der Waals surface area (Å²) in [6, 6.07) is 7.56. The van der Waals surface area contributed by atoms with E-state index >= 15 is 0 Å². The van der Waals surface area contributed by atoms with E-state index in [-0.39, 0.29) is 5.91 Å². The summed E-state index contributed by atoms with van der Waals surface area (Å²) in [6.45, 7) is 0. The Kier molecular flexibility index (Phi) is 6.09. The lowest BCUT2D eigenvalue weighted by molar-refractivity contribution is -0.119. The maximum atomic E-state index is 12.2. The van der Waals surface area contributed by atoms with Gasteiger partial charge in [0.15, 0.2) is 0 Å². The van der Waals surface area contributed by atoms with Gasteiger partial charge >= 0.3 is 0 Å². The highest BCUT2D eigenvalue weighted by atomic mass is 35.5. The molecule has 1 aromatic carbocycles. The Hall–Kier alpha value is -1.60. The van der Waals surface area contributed by atoms with Gasteiger partial charge in [0.1, 0.15) is 0 Å². The first-order chi connectivity index (χ1) is 11.7. The molecule has 2 aromatic rings. The molecule has 0 unspecified atom stereocenters. The van der Waals surface area contributed by atoms with Gasteiger partial charge in [-0.3, -0.25) is 4.79 Å². The molecular formula is C16H20ClN5OS. The van der Waals surface area contributed by atoms with Crippen molar-refractivity contribution in [3.63, 3.8) is 0 Å². The van der Waals surface area contributed by atoms with Gasteiger partial charge < -0.3 is 5.32 Å². The number of carbonyl (C=O) groups excluding carboxylic acids is 1. The van der Waals surface area contributed by atoms with E-state index in [0.717, 1.165) is 18.5 Å². The summed E-state index contributed by atoms with van der Waals surface area (Å²) in [7, 11) is 0. The normalized spacial score (nSPS) is 15.9. The summed E-state index contributed by atoms with van der Waals surface area (Å²) in [4.78, 5) is 12.2. The standard InChI is InChI=1S/C16H20ClN5OS/c17-12-7-9-14(10-8-12)22-16(19-20-21-22)24-11-15(23)18-13-5-3-1-2-4-6-13/h7-10,13H,1-6,11H2,(H,18,23). The van der Waals surface area contributed by atoms with E-state index < -0.39 is 0 Å². The maximum Gasteiger partial charge on any atom is 0.230 e. The predicted molar refractivity (Wildman–Crippen MR) is 94.5 cm³/mol. The van der Waals surface area contributed by atoms with Gasteiger partial charge in [-0.05, 0) is 47.5 Å². The average Bonchev–Trinajstić information content (AvgIpc) is 2.90.